The van der Waals surface area contributed by atoms with Crippen molar-refractivity contribution in [2.24, 2.45) is 0 Å². The SMILES string of the molecule is CCN(CCS(C)(=O)=O)C1CNC1. The van der Waals surface area contributed by atoms with Crippen LogP contribution in [0, 0.1) is 0 Å². The van der Waals surface area contributed by atoms with Crippen molar-refractivity contribution >= 4 is 9.84 Å². The summed E-state index contributed by atoms with van der Waals surface area (Å²) in [5.41, 5.74) is 0. The molecule has 1 aliphatic heterocycles. The van der Waals surface area contributed by atoms with Crippen LogP contribution in [0.3, 0.4) is 0 Å². The molecule has 0 radical (unpaired) electrons. The van der Waals surface area contributed by atoms with E-state index in [-0.39, 0.29) is 5.75 Å². The quantitative estimate of drug-likeness (QED) is 0.648. The molecule has 78 valence electrons. The predicted octanol–water partition coefficient (Wildman–Crippen LogP) is -0.675. The van der Waals surface area contributed by atoms with Gasteiger partial charge in [-0.2, -0.15) is 0 Å². The van der Waals surface area contributed by atoms with Crippen molar-refractivity contribution in [3.05, 3.63) is 0 Å². The van der Waals surface area contributed by atoms with Crippen molar-refractivity contribution in [1.82, 2.24) is 10.2 Å². The van der Waals surface area contributed by atoms with Crippen molar-refractivity contribution in [3.8, 4) is 0 Å². The zero-order chi connectivity index (χ0) is 9.90. The lowest BCUT2D eigenvalue weighted by Gasteiger charge is -2.37. The first-order valence-electron chi connectivity index (χ1n) is 4.65. The Labute approximate surface area is 80.2 Å². The minimum Gasteiger partial charge on any atom is -0.314 e. The van der Waals surface area contributed by atoms with Crippen LogP contribution in [0.5, 0.6) is 0 Å². The molecule has 1 saturated heterocycles. The third-order valence-electron chi connectivity index (χ3n) is 2.43. The predicted molar refractivity (Wildman–Crippen MR) is 53.6 cm³/mol. The van der Waals surface area contributed by atoms with Crippen LogP contribution >= 0.6 is 0 Å². The van der Waals surface area contributed by atoms with Crippen LogP contribution in [0.15, 0.2) is 0 Å². The monoisotopic (exact) mass is 206 g/mol. The normalized spacial score (nSPS) is 19.0. The molecule has 0 aliphatic carbocycles. The highest BCUT2D eigenvalue weighted by Crippen LogP contribution is 2.04. The minimum absolute atomic E-state index is 0.275. The zero-order valence-electron chi connectivity index (χ0n) is 8.28. The van der Waals surface area contributed by atoms with Gasteiger partial charge in [0, 0.05) is 31.9 Å². The summed E-state index contributed by atoms with van der Waals surface area (Å²) in [7, 11) is -2.81. The molecule has 0 unspecified atom stereocenters. The number of rotatable bonds is 5. The number of likely N-dealkylation sites (N-methyl/N-ethyl adjacent to an activating group) is 1. The largest absolute Gasteiger partial charge is 0.314 e. The molecule has 0 spiro atoms. The van der Waals surface area contributed by atoms with Crippen LogP contribution in [0.2, 0.25) is 0 Å². The zero-order valence-corrected chi connectivity index (χ0v) is 9.10. The minimum atomic E-state index is -2.81. The van der Waals surface area contributed by atoms with Crippen molar-refractivity contribution < 1.29 is 8.42 Å². The van der Waals surface area contributed by atoms with Crippen LogP contribution in [-0.4, -0.2) is 57.5 Å². The maximum Gasteiger partial charge on any atom is 0.148 e. The molecule has 0 atom stereocenters. The van der Waals surface area contributed by atoms with Gasteiger partial charge in [0.25, 0.3) is 0 Å². The van der Waals surface area contributed by atoms with Gasteiger partial charge in [0.15, 0.2) is 0 Å². The highest BCUT2D eigenvalue weighted by Gasteiger charge is 2.23. The average molecular weight is 206 g/mol. The maximum atomic E-state index is 10.9. The maximum absolute atomic E-state index is 10.9. The van der Waals surface area contributed by atoms with Gasteiger partial charge in [-0.05, 0) is 6.54 Å². The molecule has 13 heavy (non-hydrogen) atoms. The van der Waals surface area contributed by atoms with Crippen LogP contribution in [0.1, 0.15) is 6.92 Å². The Morgan fingerprint density at radius 2 is 2.08 bits per heavy atom. The second-order valence-electron chi connectivity index (χ2n) is 3.57. The Balaban J connectivity index is 2.31. The van der Waals surface area contributed by atoms with E-state index in [1.807, 2.05) is 0 Å². The topological polar surface area (TPSA) is 49.4 Å². The molecule has 0 bridgehead atoms. The summed E-state index contributed by atoms with van der Waals surface area (Å²) in [5.74, 6) is 0.275. The van der Waals surface area contributed by atoms with Gasteiger partial charge in [-0.25, -0.2) is 8.42 Å². The molecular weight excluding hydrogens is 188 g/mol. The van der Waals surface area contributed by atoms with Gasteiger partial charge in [0.05, 0.1) is 5.75 Å². The van der Waals surface area contributed by atoms with E-state index < -0.39 is 9.84 Å². The fraction of sp³-hybridized carbons (Fsp3) is 1.00. The van der Waals surface area contributed by atoms with Crippen molar-refractivity contribution in [3.63, 3.8) is 0 Å². The summed E-state index contributed by atoms with van der Waals surface area (Å²) < 4.78 is 21.9. The van der Waals surface area contributed by atoms with E-state index in [0.29, 0.717) is 12.6 Å². The van der Waals surface area contributed by atoms with Gasteiger partial charge >= 0.3 is 0 Å². The summed E-state index contributed by atoms with van der Waals surface area (Å²) in [6.07, 6.45) is 1.29. The van der Waals surface area contributed by atoms with Crippen LogP contribution in [0.25, 0.3) is 0 Å². The molecule has 4 nitrogen and oxygen atoms in total. The number of nitrogens with one attached hydrogen (secondary N) is 1. The molecule has 0 saturated carbocycles. The molecule has 0 aromatic heterocycles. The third kappa shape index (κ3) is 3.62. The van der Waals surface area contributed by atoms with Crippen LogP contribution < -0.4 is 5.32 Å². The number of hydrogen-bond acceptors (Lipinski definition) is 4. The van der Waals surface area contributed by atoms with Gasteiger partial charge < -0.3 is 5.32 Å². The highest BCUT2D eigenvalue weighted by molar-refractivity contribution is 7.90. The molecule has 1 rings (SSSR count). The van der Waals surface area contributed by atoms with Gasteiger partial charge in [0.2, 0.25) is 0 Å². The molecule has 1 fully saturated rings. The average Bonchev–Trinajstić information content (AvgIpc) is 1.91. The Hall–Kier alpha value is -0.130. The first-order chi connectivity index (χ1) is 6.03. The van der Waals surface area contributed by atoms with E-state index in [4.69, 9.17) is 0 Å². The van der Waals surface area contributed by atoms with E-state index in [2.05, 4.69) is 17.1 Å². The summed E-state index contributed by atoms with van der Waals surface area (Å²) in [5, 5.41) is 3.18. The molecule has 0 amide bonds. The van der Waals surface area contributed by atoms with Gasteiger partial charge in [-0.1, -0.05) is 6.92 Å². The third-order valence-corrected chi connectivity index (χ3v) is 3.36. The fourth-order valence-electron chi connectivity index (χ4n) is 1.41. The first-order valence-corrected chi connectivity index (χ1v) is 6.71. The van der Waals surface area contributed by atoms with Crippen molar-refractivity contribution in [1.29, 1.82) is 0 Å². The van der Waals surface area contributed by atoms with Crippen molar-refractivity contribution in [2.45, 2.75) is 13.0 Å². The first kappa shape index (κ1) is 10.9. The Kier molecular flexibility index (Phi) is 3.70. The van der Waals surface area contributed by atoms with Crippen LogP contribution in [0.4, 0.5) is 0 Å². The number of nitrogens with zero attached hydrogens (tertiary/aromatic N) is 1. The van der Waals surface area contributed by atoms with E-state index in [0.717, 1.165) is 19.6 Å². The lowest BCUT2D eigenvalue weighted by Crippen LogP contribution is -2.57. The molecular formula is C8H18N2O2S. The Bertz CT molecular complexity index is 247. The number of hydrogen-bond donors (Lipinski definition) is 1. The molecule has 1 heterocycles. The van der Waals surface area contributed by atoms with E-state index in [9.17, 15) is 8.42 Å². The summed E-state index contributed by atoms with van der Waals surface area (Å²) in [6, 6.07) is 0.548. The van der Waals surface area contributed by atoms with Gasteiger partial charge in [0.1, 0.15) is 9.84 Å². The van der Waals surface area contributed by atoms with Gasteiger partial charge in [-0.15, -0.1) is 0 Å². The second kappa shape index (κ2) is 4.39. The molecule has 0 aromatic carbocycles. The van der Waals surface area contributed by atoms with E-state index >= 15 is 0 Å². The van der Waals surface area contributed by atoms with E-state index in [1.165, 1.54) is 6.26 Å². The Morgan fingerprint density at radius 1 is 1.46 bits per heavy atom. The van der Waals surface area contributed by atoms with E-state index in [1.54, 1.807) is 0 Å². The summed E-state index contributed by atoms with van der Waals surface area (Å²) >= 11 is 0. The highest BCUT2D eigenvalue weighted by atomic mass is 32.2. The lowest BCUT2D eigenvalue weighted by atomic mass is 10.1. The van der Waals surface area contributed by atoms with Crippen LogP contribution in [-0.2, 0) is 9.84 Å². The molecule has 0 aromatic rings. The lowest BCUT2D eigenvalue weighted by molar-refractivity contribution is 0.161. The molecule has 1 N–H and O–H groups in total. The van der Waals surface area contributed by atoms with Crippen molar-refractivity contribution in [2.75, 3.05) is 38.2 Å². The molecule has 1 aliphatic rings. The fourth-order valence-corrected chi connectivity index (χ4v) is 1.98. The smallest absolute Gasteiger partial charge is 0.148 e. The second-order valence-corrected chi connectivity index (χ2v) is 5.83. The van der Waals surface area contributed by atoms with Gasteiger partial charge in [-0.3, -0.25) is 4.90 Å². The summed E-state index contributed by atoms with van der Waals surface area (Å²) in [4.78, 5) is 2.22. The standard InChI is InChI=1S/C8H18N2O2S/c1-3-10(8-6-9-7-8)4-5-13(2,11)12/h8-9H,3-7H2,1-2H3. The number of sulfone groups is 1. The Morgan fingerprint density at radius 3 is 2.38 bits per heavy atom. The summed E-state index contributed by atoms with van der Waals surface area (Å²) in [6.45, 7) is 5.67. The molecule has 5 heteroatoms.